The zero-order chi connectivity index (χ0) is 15.9. The van der Waals surface area contributed by atoms with Crippen molar-refractivity contribution in [2.75, 3.05) is 10.0 Å². The highest BCUT2D eigenvalue weighted by Crippen LogP contribution is 2.40. The minimum Gasteiger partial charge on any atom is -0.392 e. The molecule has 2 aromatic rings. The van der Waals surface area contributed by atoms with Crippen LogP contribution in [0.25, 0.3) is 0 Å². The first kappa shape index (κ1) is 15.5. The van der Waals surface area contributed by atoms with E-state index in [-0.39, 0.29) is 10.3 Å². The molecule has 1 aromatic heterocycles. The van der Waals surface area contributed by atoms with Crippen LogP contribution >= 0.6 is 35.2 Å². The molecule has 0 saturated carbocycles. The SMILES string of the molecule is NC(=S)C1Cc2ccc(Cl)c(NS(=O)(=O)c3cccs3)c2N1. The van der Waals surface area contributed by atoms with Crippen molar-refractivity contribution in [1.29, 1.82) is 0 Å². The molecule has 0 amide bonds. The molecule has 3 rings (SSSR count). The van der Waals surface area contributed by atoms with Crippen molar-refractivity contribution in [3.05, 3.63) is 40.2 Å². The molecule has 0 fully saturated rings. The predicted octanol–water partition coefficient (Wildman–Crippen LogP) is 2.83. The molecule has 9 heteroatoms. The number of fused-ring (bicyclic) bond motifs is 1. The lowest BCUT2D eigenvalue weighted by atomic mass is 10.1. The van der Waals surface area contributed by atoms with E-state index >= 15 is 0 Å². The van der Waals surface area contributed by atoms with E-state index in [0.29, 0.717) is 27.8 Å². The molecule has 0 aliphatic carbocycles. The molecule has 0 bridgehead atoms. The van der Waals surface area contributed by atoms with Gasteiger partial charge in [-0.25, -0.2) is 8.42 Å². The van der Waals surface area contributed by atoms with Crippen LogP contribution in [0.1, 0.15) is 5.56 Å². The fourth-order valence-corrected chi connectivity index (χ4v) is 4.76. The number of hydrogen-bond donors (Lipinski definition) is 3. The smallest absolute Gasteiger partial charge is 0.271 e. The summed E-state index contributed by atoms with van der Waals surface area (Å²) in [7, 11) is -3.67. The van der Waals surface area contributed by atoms with Crippen molar-refractivity contribution in [2.24, 2.45) is 5.73 Å². The number of thiocarbonyl (C=S) groups is 1. The molecule has 2 heterocycles. The fraction of sp³-hybridized carbons (Fsp3) is 0.154. The van der Waals surface area contributed by atoms with Gasteiger partial charge < -0.3 is 11.1 Å². The van der Waals surface area contributed by atoms with Crippen LogP contribution in [0, 0.1) is 0 Å². The zero-order valence-electron chi connectivity index (χ0n) is 11.2. The quantitative estimate of drug-likeness (QED) is 0.717. The van der Waals surface area contributed by atoms with E-state index in [1.54, 1.807) is 17.5 Å². The summed E-state index contributed by atoms with van der Waals surface area (Å²) >= 11 is 12.3. The third-order valence-electron chi connectivity index (χ3n) is 3.32. The molecule has 22 heavy (non-hydrogen) atoms. The second kappa shape index (κ2) is 5.69. The van der Waals surface area contributed by atoms with Gasteiger partial charge in [0.1, 0.15) is 4.21 Å². The third kappa shape index (κ3) is 2.79. The minimum absolute atomic E-state index is 0.201. The van der Waals surface area contributed by atoms with E-state index in [2.05, 4.69) is 10.0 Å². The predicted molar refractivity (Wildman–Crippen MR) is 94.5 cm³/mol. The van der Waals surface area contributed by atoms with Crippen LogP contribution in [0.5, 0.6) is 0 Å². The van der Waals surface area contributed by atoms with Gasteiger partial charge in [0.15, 0.2) is 0 Å². The second-order valence-corrected chi connectivity index (χ2v) is 8.53. The van der Waals surface area contributed by atoms with Crippen molar-refractivity contribution in [3.8, 4) is 0 Å². The van der Waals surface area contributed by atoms with Crippen molar-refractivity contribution in [1.82, 2.24) is 0 Å². The van der Waals surface area contributed by atoms with Crippen molar-refractivity contribution >= 4 is 61.5 Å². The summed E-state index contributed by atoms with van der Waals surface area (Å²) in [4.78, 5) is 0.333. The highest BCUT2D eigenvalue weighted by molar-refractivity contribution is 7.94. The van der Waals surface area contributed by atoms with E-state index in [1.807, 2.05) is 6.07 Å². The molecular formula is C13H12ClN3O2S3. The van der Waals surface area contributed by atoms with Gasteiger partial charge in [0.2, 0.25) is 0 Å². The molecule has 5 nitrogen and oxygen atoms in total. The number of rotatable bonds is 4. The second-order valence-electron chi connectivity index (χ2n) is 4.80. The number of anilines is 2. The molecule has 0 spiro atoms. The molecule has 116 valence electrons. The van der Waals surface area contributed by atoms with Gasteiger partial charge in [-0.1, -0.05) is 36.0 Å². The Morgan fingerprint density at radius 2 is 2.23 bits per heavy atom. The standard InChI is InChI=1S/C13H12ClN3O2S3/c14-8-4-3-7-6-9(13(15)20)16-11(7)12(8)17-22(18,19)10-2-1-5-21-10/h1-5,9,16-17H,6H2,(H2,15,20). The molecule has 0 radical (unpaired) electrons. The summed E-state index contributed by atoms with van der Waals surface area (Å²) < 4.78 is 27.6. The summed E-state index contributed by atoms with van der Waals surface area (Å²) in [5, 5.41) is 5.15. The van der Waals surface area contributed by atoms with Crippen molar-refractivity contribution in [2.45, 2.75) is 16.7 Å². The van der Waals surface area contributed by atoms with Crippen molar-refractivity contribution in [3.63, 3.8) is 0 Å². The lowest BCUT2D eigenvalue weighted by molar-refractivity contribution is 0.603. The number of nitrogens with one attached hydrogen (secondary N) is 2. The molecular weight excluding hydrogens is 362 g/mol. The van der Waals surface area contributed by atoms with Gasteiger partial charge in [0, 0.05) is 6.42 Å². The Bertz CT molecular complexity index is 834. The fourth-order valence-electron chi connectivity index (χ4n) is 2.27. The maximum atomic E-state index is 12.4. The highest BCUT2D eigenvalue weighted by Gasteiger charge is 2.28. The molecule has 1 atom stereocenters. The van der Waals surface area contributed by atoms with E-state index in [9.17, 15) is 8.42 Å². The Balaban J connectivity index is 2.00. The Hall–Kier alpha value is -1.35. The van der Waals surface area contributed by atoms with Crippen LogP contribution in [0.4, 0.5) is 11.4 Å². The molecule has 1 aliphatic heterocycles. The van der Waals surface area contributed by atoms with Gasteiger partial charge in [-0.15, -0.1) is 11.3 Å². The largest absolute Gasteiger partial charge is 0.392 e. The maximum Gasteiger partial charge on any atom is 0.271 e. The summed E-state index contributed by atoms with van der Waals surface area (Å²) in [5.74, 6) is 0. The average molecular weight is 374 g/mol. The van der Waals surface area contributed by atoms with Gasteiger partial charge in [-0.2, -0.15) is 0 Å². The van der Waals surface area contributed by atoms with E-state index in [4.69, 9.17) is 29.6 Å². The van der Waals surface area contributed by atoms with Gasteiger partial charge in [-0.3, -0.25) is 4.72 Å². The minimum atomic E-state index is -3.67. The van der Waals surface area contributed by atoms with Crippen LogP contribution in [0.3, 0.4) is 0 Å². The molecule has 1 aliphatic rings. The van der Waals surface area contributed by atoms with E-state index in [1.165, 1.54) is 6.07 Å². The molecule has 0 saturated heterocycles. The van der Waals surface area contributed by atoms with Crippen LogP contribution in [-0.4, -0.2) is 19.4 Å². The summed E-state index contributed by atoms with van der Waals surface area (Å²) in [6.07, 6.45) is 0.607. The number of benzene rings is 1. The Morgan fingerprint density at radius 3 is 2.86 bits per heavy atom. The van der Waals surface area contributed by atoms with Crippen LogP contribution < -0.4 is 15.8 Å². The first-order chi connectivity index (χ1) is 10.4. The van der Waals surface area contributed by atoms with Gasteiger partial charge in [0.25, 0.3) is 10.0 Å². The number of nitrogens with two attached hydrogens (primary N) is 1. The number of halogens is 1. The number of sulfonamides is 1. The van der Waals surface area contributed by atoms with Crippen LogP contribution in [-0.2, 0) is 16.4 Å². The lowest BCUT2D eigenvalue weighted by Crippen LogP contribution is -2.31. The Labute approximate surface area is 142 Å². The first-order valence-electron chi connectivity index (χ1n) is 6.32. The lowest BCUT2D eigenvalue weighted by Gasteiger charge is -2.14. The van der Waals surface area contributed by atoms with Crippen molar-refractivity contribution < 1.29 is 8.42 Å². The molecule has 1 unspecified atom stereocenters. The topological polar surface area (TPSA) is 84.2 Å². The Kier molecular flexibility index (Phi) is 4.02. The highest BCUT2D eigenvalue weighted by atomic mass is 35.5. The Morgan fingerprint density at radius 1 is 1.45 bits per heavy atom. The van der Waals surface area contributed by atoms with E-state index < -0.39 is 10.0 Å². The normalized spacial score (nSPS) is 16.9. The zero-order valence-corrected chi connectivity index (χ0v) is 14.4. The molecule has 1 aromatic carbocycles. The van der Waals surface area contributed by atoms with E-state index in [0.717, 1.165) is 16.9 Å². The summed E-state index contributed by atoms with van der Waals surface area (Å²) in [6, 6.07) is 6.52. The summed E-state index contributed by atoms with van der Waals surface area (Å²) in [6.45, 7) is 0. The average Bonchev–Trinajstić information content (AvgIpc) is 3.10. The number of thiophene rings is 1. The third-order valence-corrected chi connectivity index (χ3v) is 6.67. The number of hydrogen-bond acceptors (Lipinski definition) is 5. The van der Waals surface area contributed by atoms with Gasteiger partial charge in [0.05, 0.1) is 27.4 Å². The van der Waals surface area contributed by atoms with Gasteiger partial charge >= 0.3 is 0 Å². The van der Waals surface area contributed by atoms with Crippen LogP contribution in [0.2, 0.25) is 5.02 Å². The maximum absolute atomic E-state index is 12.4. The monoisotopic (exact) mass is 373 g/mol. The first-order valence-corrected chi connectivity index (χ1v) is 9.47. The van der Waals surface area contributed by atoms with Crippen LogP contribution in [0.15, 0.2) is 33.9 Å². The molecule has 4 N–H and O–H groups in total. The van der Waals surface area contributed by atoms with Gasteiger partial charge in [-0.05, 0) is 23.1 Å². The summed E-state index contributed by atoms with van der Waals surface area (Å²) in [5.41, 5.74) is 7.55.